The van der Waals surface area contributed by atoms with E-state index in [4.69, 9.17) is 0 Å². The van der Waals surface area contributed by atoms with Crippen LogP contribution < -0.4 is 5.23 Å². The molecule has 0 saturated heterocycles. The van der Waals surface area contributed by atoms with E-state index in [1.54, 1.807) is 6.08 Å². The van der Waals surface area contributed by atoms with E-state index in [9.17, 15) is 8.78 Å². The summed E-state index contributed by atoms with van der Waals surface area (Å²) in [5.41, 5.74) is 4.46. The van der Waals surface area contributed by atoms with E-state index in [1.165, 1.54) is 0 Å². The van der Waals surface area contributed by atoms with Crippen LogP contribution in [-0.2, 0) is 0 Å². The Morgan fingerprint density at radius 3 is 2.79 bits per heavy atom. The average Bonchev–Trinajstić information content (AvgIpc) is 2.38. The van der Waals surface area contributed by atoms with Crippen LogP contribution in [0.2, 0.25) is 6.82 Å². The van der Waals surface area contributed by atoms with Crippen LogP contribution in [0.1, 0.15) is 24.8 Å². The van der Waals surface area contributed by atoms with Crippen molar-refractivity contribution in [3.05, 3.63) is 47.0 Å². The Kier molecular flexibility index (Phi) is 2.96. The summed E-state index contributed by atoms with van der Waals surface area (Å²) in [6, 6.07) is 8.08. The molecule has 0 unspecified atom stereocenters. The van der Waals surface area contributed by atoms with Crippen LogP contribution >= 0.6 is 0 Å². The van der Waals surface area contributed by atoms with E-state index in [1.807, 2.05) is 24.3 Å². The number of benzene rings is 1. The van der Waals surface area contributed by atoms with E-state index in [0.717, 1.165) is 22.3 Å². The van der Waals surface area contributed by atoms with E-state index in [2.05, 4.69) is 18.1 Å². The molecule has 3 rings (SSSR count). The smallest absolute Gasteiger partial charge is 0.283 e. The molecule has 2 aliphatic rings. The molecule has 0 radical (unpaired) electrons. The fourth-order valence-corrected chi connectivity index (χ4v) is 2.79. The Hall–Kier alpha value is -1.58. The first kappa shape index (κ1) is 12.5. The van der Waals surface area contributed by atoms with Crippen molar-refractivity contribution in [2.75, 3.05) is 5.23 Å². The summed E-state index contributed by atoms with van der Waals surface area (Å²) in [6.07, 6.45) is 4.14. The van der Waals surface area contributed by atoms with Gasteiger partial charge >= 0.3 is 0 Å². The molecule has 0 bridgehead atoms. The number of rotatable bonds is 1. The maximum atomic E-state index is 13.2. The zero-order valence-electron chi connectivity index (χ0n) is 10.9. The number of fused-ring (bicyclic) bond motifs is 1. The topological polar surface area (TPSA) is 12.0 Å². The van der Waals surface area contributed by atoms with Gasteiger partial charge in [-0.1, -0.05) is 48.2 Å². The Bertz CT molecular complexity index is 563. The Balaban J connectivity index is 1.93. The third kappa shape index (κ3) is 2.44. The van der Waals surface area contributed by atoms with Crippen LogP contribution in [0.4, 0.5) is 14.5 Å². The van der Waals surface area contributed by atoms with Gasteiger partial charge in [0.05, 0.1) is 0 Å². The molecule has 1 heterocycles. The van der Waals surface area contributed by atoms with Gasteiger partial charge in [-0.25, -0.2) is 8.78 Å². The van der Waals surface area contributed by atoms with Gasteiger partial charge in [-0.2, -0.15) is 0 Å². The number of halogens is 2. The van der Waals surface area contributed by atoms with Crippen molar-refractivity contribution >= 4 is 18.6 Å². The molecule has 0 fully saturated rings. The normalized spacial score (nSPS) is 21.1. The van der Waals surface area contributed by atoms with Crippen LogP contribution in [0.15, 0.2) is 41.4 Å². The number of nitrogens with one attached hydrogen (secondary N) is 1. The zero-order chi connectivity index (χ0) is 13.5. The highest BCUT2D eigenvalue weighted by Crippen LogP contribution is 2.37. The van der Waals surface area contributed by atoms with Gasteiger partial charge < -0.3 is 5.23 Å². The van der Waals surface area contributed by atoms with Crippen molar-refractivity contribution in [3.8, 4) is 0 Å². The number of para-hydroxylation sites is 1. The summed E-state index contributed by atoms with van der Waals surface area (Å²) in [5.74, 6) is -2.52. The molecule has 19 heavy (non-hydrogen) atoms. The number of alkyl halides is 2. The van der Waals surface area contributed by atoms with Crippen molar-refractivity contribution in [1.82, 2.24) is 0 Å². The van der Waals surface area contributed by atoms with Crippen molar-refractivity contribution in [2.45, 2.75) is 32.0 Å². The Morgan fingerprint density at radius 1 is 1.26 bits per heavy atom. The van der Waals surface area contributed by atoms with Gasteiger partial charge in [-0.15, -0.1) is 0 Å². The van der Waals surface area contributed by atoms with Crippen molar-refractivity contribution in [2.24, 2.45) is 0 Å². The molecule has 1 nitrogen and oxygen atoms in total. The molecule has 4 heteroatoms. The summed E-state index contributed by atoms with van der Waals surface area (Å²) in [5, 5.41) is 3.43. The molecule has 1 N–H and O–H groups in total. The number of hydrogen-bond acceptors (Lipinski definition) is 1. The first-order valence-electron chi connectivity index (χ1n) is 6.69. The lowest BCUT2D eigenvalue weighted by Gasteiger charge is -2.28. The van der Waals surface area contributed by atoms with Crippen LogP contribution in [0.5, 0.6) is 0 Å². The van der Waals surface area contributed by atoms with Gasteiger partial charge in [0.2, 0.25) is 0 Å². The first-order valence-corrected chi connectivity index (χ1v) is 6.69. The highest BCUT2D eigenvalue weighted by atomic mass is 19.3. The minimum Gasteiger partial charge on any atom is -0.424 e. The molecule has 0 atom stereocenters. The molecular weight excluding hydrogens is 243 g/mol. The van der Waals surface area contributed by atoms with E-state index >= 15 is 0 Å². The molecule has 1 aromatic carbocycles. The molecule has 0 saturated carbocycles. The summed E-state index contributed by atoms with van der Waals surface area (Å²) in [6.45, 7) is 2.25. The average molecular weight is 259 g/mol. The molecule has 0 aromatic heterocycles. The monoisotopic (exact) mass is 259 g/mol. The number of allylic oxidation sites excluding steroid dienone is 3. The van der Waals surface area contributed by atoms with E-state index in [-0.39, 0.29) is 19.7 Å². The quantitative estimate of drug-likeness (QED) is 0.737. The minimum atomic E-state index is -2.52. The SMILES string of the molecule is CB1Nc2ccccc2C=C1C1=CCC(F)(F)CC1. The van der Waals surface area contributed by atoms with Crippen molar-refractivity contribution < 1.29 is 8.78 Å². The second-order valence-corrected chi connectivity index (χ2v) is 5.34. The molecule has 0 spiro atoms. The second kappa shape index (κ2) is 4.51. The highest BCUT2D eigenvalue weighted by Gasteiger charge is 2.33. The number of hydrogen-bond donors (Lipinski definition) is 1. The summed E-state index contributed by atoms with van der Waals surface area (Å²) in [4.78, 5) is 0. The fraction of sp³-hybridized carbons (Fsp3) is 0.333. The van der Waals surface area contributed by atoms with Crippen LogP contribution in [-0.4, -0.2) is 12.8 Å². The van der Waals surface area contributed by atoms with Gasteiger partial charge in [0, 0.05) is 18.5 Å². The lowest BCUT2D eigenvalue weighted by Crippen LogP contribution is -2.30. The summed E-state index contributed by atoms with van der Waals surface area (Å²) >= 11 is 0. The van der Waals surface area contributed by atoms with Crippen LogP contribution in [0, 0.1) is 0 Å². The highest BCUT2D eigenvalue weighted by molar-refractivity contribution is 6.71. The molecule has 1 aliphatic heterocycles. The van der Waals surface area contributed by atoms with Crippen LogP contribution in [0.3, 0.4) is 0 Å². The van der Waals surface area contributed by atoms with Gasteiger partial charge in [-0.3, -0.25) is 0 Å². The third-order valence-electron chi connectivity index (χ3n) is 3.89. The molecule has 98 valence electrons. The lowest BCUT2D eigenvalue weighted by molar-refractivity contribution is -0.00825. The Morgan fingerprint density at radius 2 is 2.05 bits per heavy atom. The second-order valence-electron chi connectivity index (χ2n) is 5.34. The molecule has 0 amide bonds. The summed E-state index contributed by atoms with van der Waals surface area (Å²) in [7, 11) is 0. The predicted octanol–water partition coefficient (Wildman–Crippen LogP) is 4.40. The molecule has 1 aromatic rings. The van der Waals surface area contributed by atoms with Gasteiger partial charge in [0.15, 0.2) is 0 Å². The molecular formula is C15H16BF2N. The van der Waals surface area contributed by atoms with Gasteiger partial charge in [0.25, 0.3) is 12.8 Å². The van der Waals surface area contributed by atoms with Gasteiger partial charge in [-0.05, 0) is 18.1 Å². The fourth-order valence-electron chi connectivity index (χ4n) is 2.79. The largest absolute Gasteiger partial charge is 0.424 e. The predicted molar refractivity (Wildman–Crippen MR) is 76.5 cm³/mol. The van der Waals surface area contributed by atoms with E-state index in [0.29, 0.717) is 6.42 Å². The van der Waals surface area contributed by atoms with E-state index < -0.39 is 5.92 Å². The lowest BCUT2D eigenvalue weighted by atomic mass is 9.52. The standard InChI is InChI=1S/C15H16BF2N/c1-16-13(11-6-8-15(17,18)9-7-11)10-12-4-2-3-5-14(12)19-16/h2-6,10,19H,7-9H2,1H3. The van der Waals surface area contributed by atoms with Gasteiger partial charge in [0.1, 0.15) is 0 Å². The summed E-state index contributed by atoms with van der Waals surface area (Å²) < 4.78 is 26.4. The Labute approximate surface area is 112 Å². The maximum absolute atomic E-state index is 13.2. The minimum absolute atomic E-state index is 0.0372. The number of anilines is 1. The third-order valence-corrected chi connectivity index (χ3v) is 3.89. The maximum Gasteiger partial charge on any atom is 0.283 e. The molecule has 1 aliphatic carbocycles. The van der Waals surface area contributed by atoms with Crippen LogP contribution in [0.25, 0.3) is 6.08 Å². The zero-order valence-corrected chi connectivity index (χ0v) is 10.9. The first-order chi connectivity index (χ1) is 9.05. The van der Waals surface area contributed by atoms with Crippen molar-refractivity contribution in [3.63, 3.8) is 0 Å². The van der Waals surface area contributed by atoms with Crippen molar-refractivity contribution in [1.29, 1.82) is 0 Å².